The van der Waals surface area contributed by atoms with E-state index in [0.29, 0.717) is 17.1 Å². The van der Waals surface area contributed by atoms with Gasteiger partial charge < -0.3 is 5.32 Å². The highest BCUT2D eigenvalue weighted by Gasteiger charge is 2.22. The molecule has 26 heavy (non-hydrogen) atoms. The molecule has 3 aromatic rings. The van der Waals surface area contributed by atoms with E-state index in [-0.39, 0.29) is 11.9 Å². The summed E-state index contributed by atoms with van der Waals surface area (Å²) < 4.78 is 1.74. The van der Waals surface area contributed by atoms with E-state index in [9.17, 15) is 4.79 Å². The Morgan fingerprint density at radius 1 is 1.23 bits per heavy atom. The van der Waals surface area contributed by atoms with E-state index in [0.717, 1.165) is 17.7 Å². The maximum Gasteiger partial charge on any atom is 0.254 e. The summed E-state index contributed by atoms with van der Waals surface area (Å²) in [4.78, 5) is 13.9. The molecular formula is C20H18ClN3OS. The normalized spacial score (nSPS) is 16.1. The molecule has 0 unspecified atom stereocenters. The van der Waals surface area contributed by atoms with Crippen LogP contribution in [0.25, 0.3) is 0 Å². The molecule has 1 aliphatic rings. The van der Waals surface area contributed by atoms with E-state index < -0.39 is 0 Å². The average Bonchev–Trinajstić information content (AvgIpc) is 3.13. The number of aromatic nitrogens is 2. The zero-order valence-corrected chi connectivity index (χ0v) is 15.6. The molecule has 2 heterocycles. The molecule has 1 atom stereocenters. The molecule has 0 saturated carbocycles. The van der Waals surface area contributed by atoms with Crippen LogP contribution in [0.15, 0.2) is 65.8 Å². The number of halogens is 1. The third kappa shape index (κ3) is 3.64. The molecule has 0 spiro atoms. The quantitative estimate of drug-likeness (QED) is 0.718. The molecule has 4 rings (SSSR count). The maximum absolute atomic E-state index is 12.7. The van der Waals surface area contributed by atoms with Gasteiger partial charge in [0.2, 0.25) is 0 Å². The minimum absolute atomic E-state index is 0.0480. The summed E-state index contributed by atoms with van der Waals surface area (Å²) in [5.41, 5.74) is 2.73. The van der Waals surface area contributed by atoms with Crippen molar-refractivity contribution < 1.29 is 4.79 Å². The number of hydrogen-bond donors (Lipinski definition) is 1. The van der Waals surface area contributed by atoms with Gasteiger partial charge in [0.1, 0.15) is 0 Å². The first-order valence-corrected chi connectivity index (χ1v) is 9.85. The number of nitrogens with zero attached hydrogens (tertiary/aromatic N) is 2. The van der Waals surface area contributed by atoms with Gasteiger partial charge in [0.25, 0.3) is 5.91 Å². The summed E-state index contributed by atoms with van der Waals surface area (Å²) in [6.07, 6.45) is 4.30. The standard InChI is InChI=1S/C20H18ClN3OS/c21-17-7-3-1-5-14(17)12-24-13-15(11-22-24)20(25)23-18-9-10-26-19-8-4-2-6-16(18)19/h1-8,11,13,18H,9-10,12H2,(H,23,25)/t18-/m1/s1. The van der Waals surface area contributed by atoms with Crippen molar-refractivity contribution in [3.63, 3.8) is 0 Å². The number of fused-ring (bicyclic) bond motifs is 1. The lowest BCUT2D eigenvalue weighted by Crippen LogP contribution is -2.30. The number of hydrogen-bond acceptors (Lipinski definition) is 3. The van der Waals surface area contributed by atoms with Crippen molar-refractivity contribution in [2.45, 2.75) is 23.9 Å². The molecule has 1 aromatic heterocycles. The SMILES string of the molecule is O=C(N[C@@H]1CCSc2ccccc21)c1cnn(Cc2ccccc2Cl)c1. The van der Waals surface area contributed by atoms with Crippen molar-refractivity contribution in [2.24, 2.45) is 0 Å². The largest absolute Gasteiger partial charge is 0.345 e. The Kier molecular flexibility index (Phi) is 5.00. The van der Waals surface area contributed by atoms with Gasteiger partial charge in [-0.2, -0.15) is 5.10 Å². The summed E-state index contributed by atoms with van der Waals surface area (Å²) >= 11 is 8.04. The highest BCUT2D eigenvalue weighted by molar-refractivity contribution is 7.99. The topological polar surface area (TPSA) is 46.9 Å². The van der Waals surface area contributed by atoms with Crippen molar-refractivity contribution in [3.05, 3.63) is 82.6 Å². The number of rotatable bonds is 4. The van der Waals surface area contributed by atoms with Crippen molar-refractivity contribution in [3.8, 4) is 0 Å². The zero-order chi connectivity index (χ0) is 17.9. The average molecular weight is 384 g/mol. The van der Waals surface area contributed by atoms with Crippen LogP contribution < -0.4 is 5.32 Å². The van der Waals surface area contributed by atoms with Crippen LogP contribution in [0, 0.1) is 0 Å². The van der Waals surface area contributed by atoms with Gasteiger partial charge in [0, 0.05) is 21.9 Å². The Balaban J connectivity index is 1.47. The van der Waals surface area contributed by atoms with Crippen LogP contribution in [-0.4, -0.2) is 21.4 Å². The van der Waals surface area contributed by atoms with Gasteiger partial charge in [0.15, 0.2) is 0 Å². The van der Waals surface area contributed by atoms with Crippen LogP contribution in [0.2, 0.25) is 5.02 Å². The molecule has 6 heteroatoms. The first-order valence-electron chi connectivity index (χ1n) is 8.49. The Morgan fingerprint density at radius 3 is 2.92 bits per heavy atom. The Bertz CT molecular complexity index is 940. The second-order valence-electron chi connectivity index (χ2n) is 6.22. The molecule has 0 radical (unpaired) electrons. The number of thioether (sulfide) groups is 1. The predicted molar refractivity (Wildman–Crippen MR) is 105 cm³/mol. The molecule has 2 aromatic carbocycles. The lowest BCUT2D eigenvalue weighted by molar-refractivity contribution is 0.0935. The fourth-order valence-corrected chi connectivity index (χ4v) is 4.42. The Hall–Kier alpha value is -2.24. The van der Waals surface area contributed by atoms with Gasteiger partial charge in [-0.25, -0.2) is 0 Å². The second-order valence-corrected chi connectivity index (χ2v) is 7.76. The monoisotopic (exact) mass is 383 g/mol. The molecule has 0 bridgehead atoms. The molecule has 132 valence electrons. The molecule has 1 aliphatic heterocycles. The van der Waals surface area contributed by atoms with E-state index >= 15 is 0 Å². The Labute approximate surface area is 161 Å². The first kappa shape index (κ1) is 17.2. The molecule has 0 aliphatic carbocycles. The fraction of sp³-hybridized carbons (Fsp3) is 0.200. The number of carbonyl (C=O) groups excluding carboxylic acids is 1. The van der Waals surface area contributed by atoms with Gasteiger partial charge in [-0.05, 0) is 29.7 Å². The first-order chi connectivity index (χ1) is 12.7. The van der Waals surface area contributed by atoms with Crippen LogP contribution in [-0.2, 0) is 6.54 Å². The lowest BCUT2D eigenvalue weighted by atomic mass is 10.0. The van der Waals surface area contributed by atoms with Gasteiger partial charge >= 0.3 is 0 Å². The minimum atomic E-state index is -0.0953. The molecular weight excluding hydrogens is 366 g/mol. The number of carbonyl (C=O) groups is 1. The summed E-state index contributed by atoms with van der Waals surface area (Å²) in [6, 6.07) is 16.0. The predicted octanol–water partition coefficient (Wildman–Crippen LogP) is 4.55. The third-order valence-electron chi connectivity index (χ3n) is 4.45. The van der Waals surface area contributed by atoms with E-state index in [2.05, 4.69) is 22.5 Å². The highest BCUT2D eigenvalue weighted by Crippen LogP contribution is 2.35. The Morgan fingerprint density at radius 2 is 2.04 bits per heavy atom. The van der Waals surface area contributed by atoms with Crippen molar-refractivity contribution >= 4 is 29.3 Å². The van der Waals surface area contributed by atoms with Gasteiger partial charge in [0.05, 0.1) is 24.3 Å². The minimum Gasteiger partial charge on any atom is -0.345 e. The van der Waals surface area contributed by atoms with Crippen molar-refractivity contribution in [1.29, 1.82) is 0 Å². The van der Waals surface area contributed by atoms with Crippen LogP contribution in [0.4, 0.5) is 0 Å². The van der Waals surface area contributed by atoms with E-state index in [1.807, 2.05) is 48.2 Å². The smallest absolute Gasteiger partial charge is 0.254 e. The van der Waals surface area contributed by atoms with Gasteiger partial charge in [-0.15, -0.1) is 11.8 Å². The number of nitrogens with one attached hydrogen (secondary N) is 1. The molecule has 0 fully saturated rings. The maximum atomic E-state index is 12.7. The van der Waals surface area contributed by atoms with Crippen LogP contribution >= 0.6 is 23.4 Å². The summed E-state index contributed by atoms with van der Waals surface area (Å²) in [5, 5.41) is 8.15. The molecule has 1 N–H and O–H groups in total. The number of amides is 1. The second kappa shape index (κ2) is 7.56. The summed E-state index contributed by atoms with van der Waals surface area (Å²) in [5.74, 6) is 0.912. The highest BCUT2D eigenvalue weighted by atomic mass is 35.5. The van der Waals surface area contributed by atoms with Crippen molar-refractivity contribution in [1.82, 2.24) is 15.1 Å². The van der Waals surface area contributed by atoms with E-state index in [1.54, 1.807) is 17.1 Å². The summed E-state index contributed by atoms with van der Waals surface area (Å²) in [7, 11) is 0. The van der Waals surface area contributed by atoms with E-state index in [4.69, 9.17) is 11.6 Å². The van der Waals surface area contributed by atoms with Gasteiger partial charge in [-0.1, -0.05) is 48.0 Å². The summed E-state index contributed by atoms with van der Waals surface area (Å²) in [6.45, 7) is 0.538. The van der Waals surface area contributed by atoms with Crippen LogP contribution in [0.5, 0.6) is 0 Å². The van der Waals surface area contributed by atoms with Crippen LogP contribution in [0.3, 0.4) is 0 Å². The molecule has 1 amide bonds. The van der Waals surface area contributed by atoms with Gasteiger partial charge in [-0.3, -0.25) is 9.48 Å². The third-order valence-corrected chi connectivity index (χ3v) is 5.94. The molecule has 4 nitrogen and oxygen atoms in total. The lowest BCUT2D eigenvalue weighted by Gasteiger charge is -2.25. The fourth-order valence-electron chi connectivity index (χ4n) is 3.10. The van der Waals surface area contributed by atoms with Crippen LogP contribution in [0.1, 0.15) is 33.9 Å². The number of benzene rings is 2. The molecule has 0 saturated heterocycles. The van der Waals surface area contributed by atoms with E-state index in [1.165, 1.54) is 10.5 Å². The zero-order valence-electron chi connectivity index (χ0n) is 14.1. The van der Waals surface area contributed by atoms with Crippen molar-refractivity contribution in [2.75, 3.05) is 5.75 Å².